The lowest BCUT2D eigenvalue weighted by Gasteiger charge is -2.07. The van der Waals surface area contributed by atoms with E-state index in [1.165, 1.54) is 17.4 Å². The summed E-state index contributed by atoms with van der Waals surface area (Å²) in [5, 5.41) is 4.15. The summed E-state index contributed by atoms with van der Waals surface area (Å²) in [6.45, 7) is 4.07. The zero-order valence-corrected chi connectivity index (χ0v) is 16.7. The van der Waals surface area contributed by atoms with E-state index < -0.39 is 15.7 Å². The normalized spacial score (nSPS) is 12.6. The lowest BCUT2D eigenvalue weighted by atomic mass is 10.3. The van der Waals surface area contributed by atoms with Crippen LogP contribution in [0.4, 0.5) is 0 Å². The van der Waals surface area contributed by atoms with Crippen molar-refractivity contribution in [2.45, 2.75) is 31.3 Å². The molecule has 0 radical (unpaired) electrons. The molecule has 0 bridgehead atoms. The van der Waals surface area contributed by atoms with Crippen LogP contribution in [0.25, 0.3) is 10.2 Å². The number of benzene rings is 1. The number of sulfone groups is 1. The number of nitrogens with zero attached hydrogens (tertiary/aromatic N) is 4. The maximum atomic E-state index is 12.7. The number of hydrogen-bond donors (Lipinski definition) is 0. The van der Waals surface area contributed by atoms with Crippen molar-refractivity contribution in [2.24, 2.45) is 4.99 Å². The molecule has 1 amide bonds. The highest BCUT2D eigenvalue weighted by atomic mass is 32.2. The third-order valence-corrected chi connectivity index (χ3v) is 6.06. The van der Waals surface area contributed by atoms with Crippen molar-refractivity contribution in [2.75, 3.05) is 6.26 Å². The van der Waals surface area contributed by atoms with Gasteiger partial charge in [-0.15, -0.1) is 6.42 Å². The van der Waals surface area contributed by atoms with Crippen molar-refractivity contribution in [1.82, 2.24) is 14.3 Å². The van der Waals surface area contributed by atoms with Gasteiger partial charge in [-0.25, -0.2) is 8.42 Å². The second kappa shape index (κ2) is 7.13. The van der Waals surface area contributed by atoms with Crippen LogP contribution in [-0.2, 0) is 16.4 Å². The average Bonchev–Trinajstić information content (AvgIpc) is 3.19. The van der Waals surface area contributed by atoms with E-state index in [1.807, 2.05) is 13.8 Å². The zero-order chi connectivity index (χ0) is 19.8. The molecule has 0 atom stereocenters. The number of rotatable bonds is 4. The predicted octanol–water partition coefficient (Wildman–Crippen LogP) is 2.26. The highest BCUT2D eigenvalue weighted by molar-refractivity contribution is 7.90. The Hall–Kier alpha value is -2.70. The monoisotopic (exact) mass is 402 g/mol. The first-order valence-corrected chi connectivity index (χ1v) is 10.8. The summed E-state index contributed by atoms with van der Waals surface area (Å²) < 4.78 is 27.6. The lowest BCUT2D eigenvalue weighted by Crippen LogP contribution is -2.18. The first-order valence-electron chi connectivity index (χ1n) is 8.12. The number of fused-ring (bicyclic) bond motifs is 1. The van der Waals surface area contributed by atoms with Crippen molar-refractivity contribution in [3.63, 3.8) is 0 Å². The third-order valence-electron chi connectivity index (χ3n) is 3.91. The molecule has 9 heteroatoms. The number of amides is 1. The lowest BCUT2D eigenvalue weighted by molar-refractivity contribution is 0.0986. The molecule has 2 heterocycles. The highest BCUT2D eigenvalue weighted by Crippen LogP contribution is 2.22. The molecule has 0 aliphatic carbocycles. The zero-order valence-electron chi connectivity index (χ0n) is 15.1. The minimum atomic E-state index is -3.34. The molecule has 0 unspecified atom stereocenters. The molecule has 0 fully saturated rings. The summed E-state index contributed by atoms with van der Waals surface area (Å²) in [7, 11) is -3.34. The molecule has 7 nitrogen and oxygen atoms in total. The van der Waals surface area contributed by atoms with Crippen LogP contribution in [0.15, 0.2) is 40.4 Å². The molecule has 3 aromatic rings. The number of aromatic nitrogens is 3. The Balaban J connectivity index is 2.19. The van der Waals surface area contributed by atoms with Gasteiger partial charge >= 0.3 is 0 Å². The predicted molar refractivity (Wildman–Crippen MR) is 104 cm³/mol. The molecular weight excluding hydrogens is 384 g/mol. The highest BCUT2D eigenvalue weighted by Gasteiger charge is 2.16. The quantitative estimate of drug-likeness (QED) is 0.627. The maximum absolute atomic E-state index is 12.7. The van der Waals surface area contributed by atoms with Crippen molar-refractivity contribution in [1.29, 1.82) is 0 Å². The van der Waals surface area contributed by atoms with Gasteiger partial charge in [0, 0.05) is 18.5 Å². The third kappa shape index (κ3) is 3.72. The first-order chi connectivity index (χ1) is 12.7. The van der Waals surface area contributed by atoms with Crippen LogP contribution >= 0.6 is 11.3 Å². The van der Waals surface area contributed by atoms with Gasteiger partial charge in [-0.05, 0) is 38.1 Å². The number of terminal acetylenes is 1. The molecule has 1 aromatic carbocycles. The second-order valence-corrected chi connectivity index (χ2v) is 9.27. The van der Waals surface area contributed by atoms with E-state index in [2.05, 4.69) is 16.0 Å². The van der Waals surface area contributed by atoms with E-state index in [1.54, 1.807) is 33.6 Å². The maximum Gasteiger partial charge on any atom is 0.297 e. The van der Waals surface area contributed by atoms with Crippen LogP contribution in [0.1, 0.15) is 30.4 Å². The SMILES string of the molecule is C#CCn1c(=NC(=O)c2ccnn2C(C)C)sc2cc(S(C)(=O)=O)ccc21. The van der Waals surface area contributed by atoms with Gasteiger partial charge in [0.1, 0.15) is 5.69 Å². The van der Waals surface area contributed by atoms with Crippen molar-refractivity contribution in [3.05, 3.63) is 41.0 Å². The largest absolute Gasteiger partial charge is 0.305 e. The Morgan fingerprint density at radius 1 is 1.37 bits per heavy atom. The number of hydrogen-bond acceptors (Lipinski definition) is 5. The van der Waals surface area contributed by atoms with Crippen molar-refractivity contribution in [3.8, 4) is 12.3 Å². The van der Waals surface area contributed by atoms with Crippen LogP contribution in [0.3, 0.4) is 0 Å². The fourth-order valence-electron chi connectivity index (χ4n) is 2.65. The molecule has 140 valence electrons. The minimum Gasteiger partial charge on any atom is -0.305 e. The van der Waals surface area contributed by atoms with Gasteiger partial charge < -0.3 is 4.57 Å². The molecule has 0 saturated carbocycles. The summed E-state index contributed by atoms with van der Waals surface area (Å²) >= 11 is 1.22. The summed E-state index contributed by atoms with van der Waals surface area (Å²) in [5.41, 5.74) is 1.11. The van der Waals surface area contributed by atoms with Crippen molar-refractivity contribution < 1.29 is 13.2 Å². The molecule has 3 rings (SSSR count). The van der Waals surface area contributed by atoms with Crippen LogP contribution in [0, 0.1) is 12.3 Å². The summed E-state index contributed by atoms with van der Waals surface area (Å²) in [5.74, 6) is 2.12. The van der Waals surface area contributed by atoms with Gasteiger partial charge in [0.2, 0.25) is 0 Å². The Bertz CT molecular complexity index is 1240. The number of thiazole rings is 1. The van der Waals surface area contributed by atoms with Crippen LogP contribution in [0.2, 0.25) is 0 Å². The number of carbonyl (C=O) groups is 1. The van der Waals surface area contributed by atoms with Gasteiger partial charge in [0.05, 0.1) is 21.7 Å². The second-order valence-electron chi connectivity index (χ2n) is 6.25. The Labute approximate surface area is 160 Å². The van der Waals surface area contributed by atoms with Gasteiger partial charge in [-0.2, -0.15) is 10.1 Å². The summed E-state index contributed by atoms with van der Waals surface area (Å²) in [4.78, 5) is 17.5. The molecule has 0 aliphatic heterocycles. The van der Waals surface area contributed by atoms with Crippen LogP contribution < -0.4 is 4.80 Å². The first kappa shape index (κ1) is 19.1. The van der Waals surface area contributed by atoms with Crippen molar-refractivity contribution >= 4 is 37.3 Å². The van der Waals surface area contributed by atoms with E-state index in [-0.39, 0.29) is 17.5 Å². The van der Waals surface area contributed by atoms with Gasteiger partial charge in [-0.3, -0.25) is 9.48 Å². The smallest absolute Gasteiger partial charge is 0.297 e. The Morgan fingerprint density at radius 3 is 2.74 bits per heavy atom. The van der Waals surface area contributed by atoms with E-state index in [4.69, 9.17) is 6.42 Å². The summed E-state index contributed by atoms with van der Waals surface area (Å²) in [6, 6.07) is 6.42. The minimum absolute atomic E-state index is 0.0201. The Morgan fingerprint density at radius 2 is 2.11 bits per heavy atom. The van der Waals surface area contributed by atoms with E-state index in [0.29, 0.717) is 15.2 Å². The molecule has 0 spiro atoms. The molecule has 2 aromatic heterocycles. The molecule has 0 N–H and O–H groups in total. The topological polar surface area (TPSA) is 86.3 Å². The molecular formula is C18H18N4O3S2. The van der Waals surface area contributed by atoms with Crippen LogP contribution in [0.5, 0.6) is 0 Å². The Kier molecular flexibility index (Phi) is 5.04. The van der Waals surface area contributed by atoms with Gasteiger partial charge in [-0.1, -0.05) is 17.3 Å². The number of carbonyl (C=O) groups excluding carboxylic acids is 1. The average molecular weight is 403 g/mol. The fourth-order valence-corrected chi connectivity index (χ4v) is 4.44. The standard InChI is InChI=1S/C18H18N4O3S2/c1-5-10-21-14-7-6-13(27(4,24)25)11-16(14)26-18(21)20-17(23)15-8-9-19-22(15)12(2)3/h1,6-9,11-12H,10H2,2-4H3. The van der Waals surface area contributed by atoms with Crippen LogP contribution in [-0.4, -0.2) is 34.9 Å². The van der Waals surface area contributed by atoms with Gasteiger partial charge in [0.25, 0.3) is 5.91 Å². The molecule has 0 aliphatic rings. The van der Waals surface area contributed by atoms with E-state index >= 15 is 0 Å². The van der Waals surface area contributed by atoms with Gasteiger partial charge in [0.15, 0.2) is 14.6 Å². The van der Waals surface area contributed by atoms with E-state index in [0.717, 1.165) is 11.8 Å². The fraction of sp³-hybridized carbons (Fsp3) is 0.278. The molecule has 0 saturated heterocycles. The molecule has 27 heavy (non-hydrogen) atoms. The summed E-state index contributed by atoms with van der Waals surface area (Å²) in [6.07, 6.45) is 8.17. The van der Waals surface area contributed by atoms with E-state index in [9.17, 15) is 13.2 Å².